The Morgan fingerprint density at radius 3 is 2.24 bits per heavy atom. The number of hydrogen-bond donors (Lipinski definition) is 2. The monoisotopic (exact) mass is 466 g/mol. The van der Waals surface area contributed by atoms with Gasteiger partial charge in [-0.1, -0.05) is 48.5 Å². The molecule has 34 heavy (non-hydrogen) atoms. The van der Waals surface area contributed by atoms with Gasteiger partial charge in [0.1, 0.15) is 13.2 Å². The minimum Gasteiger partial charge on any atom is -0.480 e. The third-order valence-electron chi connectivity index (χ3n) is 6.17. The summed E-state index contributed by atoms with van der Waals surface area (Å²) in [7, 11) is 0. The summed E-state index contributed by atoms with van der Waals surface area (Å²) in [5.41, 5.74) is 4.66. The van der Waals surface area contributed by atoms with Crippen LogP contribution < -0.4 is 5.32 Å². The average molecular weight is 467 g/mol. The van der Waals surface area contributed by atoms with Gasteiger partial charge in [0, 0.05) is 19.0 Å². The lowest BCUT2D eigenvalue weighted by Crippen LogP contribution is -2.37. The van der Waals surface area contributed by atoms with Crippen molar-refractivity contribution < 1.29 is 29.0 Å². The SMILES string of the molecule is O=C(O)CN(CC1CC1)C(=O)CCOCCNC(=O)OCC1c2ccccc2-c2ccccc21. The van der Waals surface area contributed by atoms with Gasteiger partial charge in [0.15, 0.2) is 0 Å². The number of carbonyl (C=O) groups excluding carboxylic acids is 2. The van der Waals surface area contributed by atoms with Crippen LogP contribution in [0.1, 0.15) is 36.3 Å². The molecule has 1 saturated carbocycles. The Hall–Kier alpha value is -3.39. The minimum atomic E-state index is -1.01. The van der Waals surface area contributed by atoms with Crippen LogP contribution in [0.2, 0.25) is 0 Å². The fraction of sp³-hybridized carbons (Fsp3) is 0.423. The van der Waals surface area contributed by atoms with E-state index in [0.717, 1.165) is 24.0 Å². The molecule has 0 aliphatic heterocycles. The molecular weight excluding hydrogens is 436 g/mol. The fourth-order valence-electron chi connectivity index (χ4n) is 4.32. The molecule has 2 aromatic carbocycles. The van der Waals surface area contributed by atoms with E-state index in [2.05, 4.69) is 29.6 Å². The Morgan fingerprint density at radius 2 is 1.62 bits per heavy atom. The summed E-state index contributed by atoms with van der Waals surface area (Å²) < 4.78 is 10.9. The number of amides is 2. The lowest BCUT2D eigenvalue weighted by molar-refractivity contribution is -0.145. The summed E-state index contributed by atoms with van der Waals surface area (Å²) in [6, 6.07) is 16.3. The van der Waals surface area contributed by atoms with Crippen molar-refractivity contribution in [3.8, 4) is 11.1 Å². The number of benzene rings is 2. The predicted octanol–water partition coefficient (Wildman–Crippen LogP) is 3.26. The maximum Gasteiger partial charge on any atom is 0.407 e. The number of hydrogen-bond acceptors (Lipinski definition) is 5. The molecule has 2 amide bonds. The van der Waals surface area contributed by atoms with Crippen molar-refractivity contribution in [2.75, 3.05) is 39.5 Å². The number of ether oxygens (including phenoxy) is 2. The van der Waals surface area contributed by atoms with Gasteiger partial charge in [-0.2, -0.15) is 0 Å². The van der Waals surface area contributed by atoms with E-state index in [-0.39, 0.29) is 51.2 Å². The van der Waals surface area contributed by atoms with Gasteiger partial charge in [0.05, 0.1) is 19.6 Å². The van der Waals surface area contributed by atoms with Crippen molar-refractivity contribution in [3.05, 3.63) is 59.7 Å². The van der Waals surface area contributed by atoms with Crippen LogP contribution in [-0.2, 0) is 19.1 Å². The molecule has 4 rings (SSSR count). The third-order valence-corrected chi connectivity index (χ3v) is 6.17. The second kappa shape index (κ2) is 11.2. The highest BCUT2D eigenvalue weighted by Crippen LogP contribution is 2.44. The maximum atomic E-state index is 12.3. The zero-order valence-electron chi connectivity index (χ0n) is 19.1. The largest absolute Gasteiger partial charge is 0.480 e. The van der Waals surface area contributed by atoms with Crippen molar-refractivity contribution in [1.29, 1.82) is 0 Å². The highest BCUT2D eigenvalue weighted by Gasteiger charge is 2.29. The lowest BCUT2D eigenvalue weighted by atomic mass is 9.98. The minimum absolute atomic E-state index is 0.00444. The predicted molar refractivity (Wildman–Crippen MR) is 125 cm³/mol. The van der Waals surface area contributed by atoms with Gasteiger partial charge in [0.25, 0.3) is 0 Å². The first kappa shape index (κ1) is 23.8. The standard InChI is InChI=1S/C26H30N2O6/c29-24(28(16-25(30)31)15-18-9-10-18)11-13-33-14-12-27-26(32)34-17-23-21-7-3-1-5-19(21)20-6-2-4-8-22(20)23/h1-8,18,23H,9-17H2,(H,27,32)(H,30,31). The zero-order chi connectivity index (χ0) is 23.9. The van der Waals surface area contributed by atoms with Crippen molar-refractivity contribution in [2.24, 2.45) is 5.92 Å². The molecule has 2 aliphatic carbocycles. The van der Waals surface area contributed by atoms with Crippen LogP contribution in [-0.4, -0.2) is 67.4 Å². The van der Waals surface area contributed by atoms with E-state index < -0.39 is 12.1 Å². The number of carboxylic acid groups (broad SMARTS) is 1. The molecule has 0 bridgehead atoms. The van der Waals surface area contributed by atoms with Gasteiger partial charge >= 0.3 is 12.1 Å². The first-order valence-electron chi connectivity index (χ1n) is 11.7. The smallest absolute Gasteiger partial charge is 0.407 e. The topological polar surface area (TPSA) is 105 Å². The van der Waals surface area contributed by atoms with Crippen LogP contribution in [0.15, 0.2) is 48.5 Å². The molecule has 2 aromatic rings. The Kier molecular flexibility index (Phi) is 7.80. The van der Waals surface area contributed by atoms with Gasteiger partial charge in [-0.05, 0) is 41.0 Å². The van der Waals surface area contributed by atoms with Crippen LogP contribution in [0.4, 0.5) is 4.79 Å². The first-order chi connectivity index (χ1) is 16.5. The summed E-state index contributed by atoms with van der Waals surface area (Å²) in [5, 5.41) is 11.7. The zero-order valence-corrected chi connectivity index (χ0v) is 19.1. The number of alkyl carbamates (subject to hydrolysis) is 1. The van der Waals surface area contributed by atoms with Crippen molar-refractivity contribution in [2.45, 2.75) is 25.2 Å². The molecule has 0 radical (unpaired) electrons. The average Bonchev–Trinajstić information content (AvgIpc) is 3.59. The molecule has 2 aliphatic rings. The molecule has 2 N–H and O–H groups in total. The van der Waals surface area contributed by atoms with Crippen molar-refractivity contribution in [3.63, 3.8) is 0 Å². The number of carbonyl (C=O) groups is 3. The van der Waals surface area contributed by atoms with Gasteiger partial charge < -0.3 is 24.8 Å². The molecular formula is C26H30N2O6. The van der Waals surface area contributed by atoms with Crippen molar-refractivity contribution >= 4 is 18.0 Å². The summed E-state index contributed by atoms with van der Waals surface area (Å²) in [4.78, 5) is 36.8. The number of fused-ring (bicyclic) bond motifs is 3. The van der Waals surface area contributed by atoms with Gasteiger partial charge in [-0.3, -0.25) is 9.59 Å². The highest BCUT2D eigenvalue weighted by atomic mass is 16.5. The van der Waals surface area contributed by atoms with E-state index in [1.54, 1.807) is 0 Å². The van der Waals surface area contributed by atoms with Crippen LogP contribution in [0.3, 0.4) is 0 Å². The number of nitrogens with one attached hydrogen (secondary N) is 1. The Balaban J connectivity index is 1.14. The van der Waals surface area contributed by atoms with Crippen molar-refractivity contribution in [1.82, 2.24) is 10.2 Å². The number of rotatable bonds is 12. The van der Waals surface area contributed by atoms with E-state index in [1.807, 2.05) is 24.3 Å². The number of aliphatic carboxylic acids is 1. The van der Waals surface area contributed by atoms with Gasteiger partial charge in [-0.25, -0.2) is 4.79 Å². The Bertz CT molecular complexity index is 990. The number of nitrogens with zero attached hydrogens (tertiary/aromatic N) is 1. The molecule has 1 fully saturated rings. The third kappa shape index (κ3) is 6.14. The Labute approximate surface area is 198 Å². The molecule has 0 heterocycles. The van der Waals surface area contributed by atoms with Gasteiger partial charge in [-0.15, -0.1) is 0 Å². The quantitative estimate of drug-likeness (QED) is 0.465. The highest BCUT2D eigenvalue weighted by molar-refractivity contribution is 5.81. The van der Waals surface area contributed by atoms with E-state index in [4.69, 9.17) is 14.6 Å². The van der Waals surface area contributed by atoms with Crippen LogP contribution >= 0.6 is 0 Å². The summed E-state index contributed by atoms with van der Waals surface area (Å²) in [5.74, 6) is -0.809. The van der Waals surface area contributed by atoms with Crippen LogP contribution in [0.5, 0.6) is 0 Å². The normalized spacial score (nSPS) is 14.2. The first-order valence-corrected chi connectivity index (χ1v) is 11.7. The Morgan fingerprint density at radius 1 is 0.971 bits per heavy atom. The van der Waals surface area contributed by atoms with Crippen LogP contribution in [0.25, 0.3) is 11.1 Å². The molecule has 0 atom stereocenters. The van der Waals surface area contributed by atoms with E-state index in [1.165, 1.54) is 16.0 Å². The lowest BCUT2D eigenvalue weighted by Gasteiger charge is -2.20. The van der Waals surface area contributed by atoms with E-state index in [0.29, 0.717) is 12.5 Å². The van der Waals surface area contributed by atoms with E-state index in [9.17, 15) is 14.4 Å². The molecule has 0 saturated heterocycles. The summed E-state index contributed by atoms with van der Waals surface area (Å²) >= 11 is 0. The molecule has 0 unspecified atom stereocenters. The fourth-order valence-corrected chi connectivity index (χ4v) is 4.32. The molecule has 0 spiro atoms. The molecule has 8 nitrogen and oxygen atoms in total. The second-order valence-electron chi connectivity index (χ2n) is 8.73. The molecule has 8 heteroatoms. The van der Waals surface area contributed by atoms with E-state index >= 15 is 0 Å². The summed E-state index contributed by atoms with van der Waals surface area (Å²) in [6.45, 7) is 1.12. The van der Waals surface area contributed by atoms with Crippen LogP contribution in [0, 0.1) is 5.92 Å². The maximum absolute atomic E-state index is 12.3. The summed E-state index contributed by atoms with van der Waals surface area (Å²) in [6.07, 6.45) is 1.69. The second-order valence-corrected chi connectivity index (χ2v) is 8.73. The molecule has 180 valence electrons. The number of carboxylic acids is 1. The molecule has 0 aromatic heterocycles. The van der Waals surface area contributed by atoms with Gasteiger partial charge in [0.2, 0.25) is 5.91 Å².